The summed E-state index contributed by atoms with van der Waals surface area (Å²) in [4.78, 5) is 28.0. The molecule has 0 aliphatic carbocycles. The first-order chi connectivity index (χ1) is 18.4. The van der Waals surface area contributed by atoms with Gasteiger partial charge >= 0.3 is 27.5 Å². The van der Waals surface area contributed by atoms with Crippen molar-refractivity contribution < 1.29 is 50.1 Å². The van der Waals surface area contributed by atoms with Crippen LogP contribution in [0.2, 0.25) is 0 Å². The number of benzene rings is 2. The van der Waals surface area contributed by atoms with E-state index >= 15 is 0 Å². The topological polar surface area (TPSA) is 112 Å². The predicted octanol–water partition coefficient (Wildman–Crippen LogP) is 3.75. The van der Waals surface area contributed by atoms with Gasteiger partial charge in [-0.25, -0.2) is 13.9 Å². The van der Waals surface area contributed by atoms with Crippen molar-refractivity contribution in [3.63, 3.8) is 0 Å². The van der Waals surface area contributed by atoms with Crippen LogP contribution in [0.25, 0.3) is 0 Å². The summed E-state index contributed by atoms with van der Waals surface area (Å²) < 4.78 is 88.5. The molecule has 0 aromatic heterocycles. The fourth-order valence-corrected chi connectivity index (χ4v) is 4.96. The van der Waals surface area contributed by atoms with Gasteiger partial charge in [-0.1, -0.05) is 0 Å². The van der Waals surface area contributed by atoms with Gasteiger partial charge in [0.2, 0.25) is 0 Å². The summed E-state index contributed by atoms with van der Waals surface area (Å²) in [5.74, 6) is -1.86. The number of rotatable bonds is 13. The fraction of sp³-hybridized carbons (Fsp3) is 0.440. The lowest BCUT2D eigenvalue weighted by atomic mass is 10.0. The van der Waals surface area contributed by atoms with Crippen molar-refractivity contribution >= 4 is 33.3 Å². The Morgan fingerprint density at radius 3 is 1.54 bits per heavy atom. The molecule has 2 atom stereocenters. The largest absolute Gasteiger partial charge is 0.516 e. The lowest BCUT2D eigenvalue weighted by molar-refractivity contribution is -0.152. The second kappa shape index (κ2) is 13.4. The van der Waals surface area contributed by atoms with Gasteiger partial charge in [-0.2, -0.15) is 21.6 Å². The van der Waals surface area contributed by atoms with E-state index in [1.165, 1.54) is 69.4 Å². The quantitative estimate of drug-likeness (QED) is 0.329. The minimum Gasteiger partial charge on any atom is -0.497 e. The van der Waals surface area contributed by atoms with Crippen LogP contribution in [0.15, 0.2) is 48.5 Å². The number of carbonyl (C=O) groups is 2. The summed E-state index contributed by atoms with van der Waals surface area (Å²) in [5.41, 5.74) is -6.11. The lowest BCUT2D eigenvalue weighted by Crippen LogP contribution is -2.63. The van der Waals surface area contributed by atoms with Gasteiger partial charge < -0.3 is 23.8 Å². The van der Waals surface area contributed by atoms with Crippen molar-refractivity contribution in [1.29, 1.82) is 0 Å². The van der Waals surface area contributed by atoms with E-state index in [0.717, 1.165) is 12.1 Å². The standard InChI is InChI=1S/C25H31F3N2O8S/c1-6-29(17-9-13-19(35-4)14-10-17)21(23(31)37-7-2)22(24(32)38-8-3)30(39(33,34)25(26,27)28)18-11-15-20(36-5)16-12-18/h9-16,21-22H,6-8H2,1-5H3/t21-,22+/m1/s1. The van der Waals surface area contributed by atoms with Gasteiger partial charge in [0.05, 0.1) is 33.1 Å². The van der Waals surface area contributed by atoms with Crippen LogP contribution in [-0.2, 0) is 29.1 Å². The molecule has 0 fully saturated rings. The molecule has 216 valence electrons. The molecule has 10 nitrogen and oxygen atoms in total. The van der Waals surface area contributed by atoms with Crippen LogP contribution < -0.4 is 18.7 Å². The summed E-state index contributed by atoms with van der Waals surface area (Å²) in [5, 5.41) is 0. The average molecular weight is 577 g/mol. The summed E-state index contributed by atoms with van der Waals surface area (Å²) in [6.07, 6.45) is 0. The van der Waals surface area contributed by atoms with E-state index in [1.54, 1.807) is 6.92 Å². The smallest absolute Gasteiger partial charge is 0.497 e. The van der Waals surface area contributed by atoms with Gasteiger partial charge in [0.15, 0.2) is 12.1 Å². The first-order valence-electron chi connectivity index (χ1n) is 11.9. The SMILES string of the molecule is CCOC(=O)[C@H]([C@H](C(=O)OCC)N(CC)c1ccc(OC)cc1)N(c1ccc(OC)cc1)S(=O)(=O)C(F)(F)F. The van der Waals surface area contributed by atoms with Crippen molar-refractivity contribution in [3.8, 4) is 11.5 Å². The molecule has 2 rings (SSSR count). The maximum absolute atomic E-state index is 14.1. The number of alkyl halides is 3. The third-order valence-corrected chi connectivity index (χ3v) is 7.11. The summed E-state index contributed by atoms with van der Waals surface area (Å²) in [6.45, 7) is 3.90. The maximum Gasteiger partial charge on any atom is 0.516 e. The van der Waals surface area contributed by atoms with Crippen LogP contribution in [0.3, 0.4) is 0 Å². The second-order valence-electron chi connectivity index (χ2n) is 7.82. The van der Waals surface area contributed by atoms with Crippen LogP contribution in [0.5, 0.6) is 11.5 Å². The number of anilines is 2. The Hall–Kier alpha value is -3.68. The van der Waals surface area contributed by atoms with Crippen molar-refractivity contribution in [2.75, 3.05) is 43.2 Å². The molecule has 39 heavy (non-hydrogen) atoms. The molecule has 0 spiro atoms. The Morgan fingerprint density at radius 2 is 1.18 bits per heavy atom. The van der Waals surface area contributed by atoms with E-state index < -0.39 is 45.2 Å². The van der Waals surface area contributed by atoms with Gasteiger partial charge in [0, 0.05) is 12.2 Å². The molecule has 0 saturated carbocycles. The second-order valence-corrected chi connectivity index (χ2v) is 9.63. The maximum atomic E-state index is 14.1. The van der Waals surface area contributed by atoms with Crippen LogP contribution in [0.1, 0.15) is 20.8 Å². The lowest BCUT2D eigenvalue weighted by Gasteiger charge is -2.40. The summed E-state index contributed by atoms with van der Waals surface area (Å²) >= 11 is 0. The third kappa shape index (κ3) is 7.05. The zero-order valence-electron chi connectivity index (χ0n) is 22.1. The monoisotopic (exact) mass is 576 g/mol. The van der Waals surface area contributed by atoms with E-state index in [4.69, 9.17) is 18.9 Å². The van der Waals surface area contributed by atoms with Crippen LogP contribution in [-0.4, -0.2) is 71.9 Å². The van der Waals surface area contributed by atoms with Crippen LogP contribution in [0.4, 0.5) is 24.5 Å². The summed E-state index contributed by atoms with van der Waals surface area (Å²) in [7, 11) is -3.52. The molecule has 0 radical (unpaired) electrons. The van der Waals surface area contributed by atoms with E-state index in [9.17, 15) is 31.2 Å². The van der Waals surface area contributed by atoms with Crippen molar-refractivity contribution in [3.05, 3.63) is 48.5 Å². The minimum absolute atomic E-state index is 0.0335. The predicted molar refractivity (Wildman–Crippen MR) is 137 cm³/mol. The molecular formula is C25H31F3N2O8S. The van der Waals surface area contributed by atoms with Crippen molar-refractivity contribution in [2.24, 2.45) is 0 Å². The molecule has 2 aromatic carbocycles. The van der Waals surface area contributed by atoms with E-state index in [-0.39, 0.29) is 35.5 Å². The zero-order valence-corrected chi connectivity index (χ0v) is 22.9. The molecule has 0 unspecified atom stereocenters. The van der Waals surface area contributed by atoms with Crippen LogP contribution in [0, 0.1) is 0 Å². The van der Waals surface area contributed by atoms with E-state index in [2.05, 4.69) is 0 Å². The highest BCUT2D eigenvalue weighted by molar-refractivity contribution is 7.93. The molecule has 0 aliphatic rings. The fourth-order valence-electron chi connectivity index (χ4n) is 3.84. The van der Waals surface area contributed by atoms with Gasteiger partial charge in [-0.05, 0) is 69.3 Å². The Bertz CT molecular complexity index is 1210. The number of methoxy groups -OCH3 is 2. The minimum atomic E-state index is -6.26. The average Bonchev–Trinajstić information content (AvgIpc) is 2.90. The van der Waals surface area contributed by atoms with Gasteiger partial charge in [-0.15, -0.1) is 0 Å². The number of hydrogen-bond acceptors (Lipinski definition) is 9. The van der Waals surface area contributed by atoms with E-state index in [0.29, 0.717) is 5.75 Å². The summed E-state index contributed by atoms with van der Waals surface area (Å²) in [6, 6.07) is 6.35. The van der Waals surface area contributed by atoms with Gasteiger partial charge in [0.1, 0.15) is 11.5 Å². The number of ether oxygens (including phenoxy) is 4. The number of esters is 2. The molecule has 2 aromatic rings. The molecule has 14 heteroatoms. The Balaban J connectivity index is 2.92. The molecule has 0 heterocycles. The first kappa shape index (κ1) is 31.5. The van der Waals surface area contributed by atoms with E-state index in [1.807, 2.05) is 0 Å². The number of carbonyl (C=O) groups excluding carboxylic acids is 2. The Labute approximate surface area is 225 Å². The van der Waals surface area contributed by atoms with Crippen molar-refractivity contribution in [1.82, 2.24) is 0 Å². The highest BCUT2D eigenvalue weighted by atomic mass is 32.2. The number of nitrogens with zero attached hydrogens (tertiary/aromatic N) is 2. The third-order valence-electron chi connectivity index (χ3n) is 5.57. The first-order valence-corrected chi connectivity index (χ1v) is 13.3. The number of halogens is 3. The highest BCUT2D eigenvalue weighted by Gasteiger charge is 2.57. The molecule has 0 saturated heterocycles. The normalized spacial score (nSPS) is 13.1. The Morgan fingerprint density at radius 1 is 0.769 bits per heavy atom. The van der Waals surface area contributed by atoms with Gasteiger partial charge in [0.25, 0.3) is 0 Å². The molecular weight excluding hydrogens is 545 g/mol. The van der Waals surface area contributed by atoms with Crippen molar-refractivity contribution in [2.45, 2.75) is 38.4 Å². The molecule has 0 amide bonds. The Kier molecular flexibility index (Phi) is 10.8. The molecule has 0 N–H and O–H groups in total. The number of sulfonamides is 1. The number of likely N-dealkylation sites (N-methyl/N-ethyl adjacent to an activating group) is 1. The van der Waals surface area contributed by atoms with Crippen LogP contribution >= 0.6 is 0 Å². The molecule has 0 aliphatic heterocycles. The zero-order chi connectivity index (χ0) is 29.4. The molecule has 0 bridgehead atoms. The number of hydrogen-bond donors (Lipinski definition) is 0. The highest BCUT2D eigenvalue weighted by Crippen LogP contribution is 2.36. The van der Waals surface area contributed by atoms with Gasteiger partial charge in [-0.3, -0.25) is 0 Å².